The van der Waals surface area contributed by atoms with Gasteiger partial charge in [-0.2, -0.15) is 0 Å². The summed E-state index contributed by atoms with van der Waals surface area (Å²) in [5, 5.41) is 0. The molecule has 0 aromatic heterocycles. The van der Waals surface area contributed by atoms with Gasteiger partial charge in [0.15, 0.2) is 0 Å². The monoisotopic (exact) mass is 152 g/mol. The highest BCUT2D eigenvalue weighted by Gasteiger charge is 2.50. The zero-order valence-corrected chi connectivity index (χ0v) is 7.22. The Balaban J connectivity index is 2.45. The van der Waals surface area contributed by atoms with Gasteiger partial charge in [-0.05, 0) is 32.6 Å². The van der Waals surface area contributed by atoms with E-state index in [0.29, 0.717) is 5.92 Å². The van der Waals surface area contributed by atoms with Crippen molar-refractivity contribution in [3.63, 3.8) is 0 Å². The lowest BCUT2D eigenvalue weighted by atomic mass is 9.85. The normalized spacial score (nSPS) is 49.1. The fraction of sp³-hybridized carbons (Fsp3) is 0.778. The summed E-state index contributed by atoms with van der Waals surface area (Å²) >= 11 is 0. The first kappa shape index (κ1) is 7.32. The number of allylic oxidation sites excluding steroid dienone is 1. The fourth-order valence-electron chi connectivity index (χ4n) is 2.59. The van der Waals surface area contributed by atoms with Gasteiger partial charge in [-0.15, -0.1) is 0 Å². The molecule has 2 aliphatic carbocycles. The molecule has 0 aromatic rings. The second-order valence-corrected chi connectivity index (χ2v) is 4.09. The van der Waals surface area contributed by atoms with E-state index in [9.17, 15) is 0 Å². The third-order valence-corrected chi connectivity index (χ3v) is 3.69. The van der Waals surface area contributed by atoms with Crippen molar-refractivity contribution in [3.05, 3.63) is 11.1 Å². The summed E-state index contributed by atoms with van der Waals surface area (Å²) in [7, 11) is 0. The van der Waals surface area contributed by atoms with Gasteiger partial charge in [-0.25, -0.2) is 0 Å². The lowest BCUT2D eigenvalue weighted by Gasteiger charge is -2.30. The van der Waals surface area contributed by atoms with Gasteiger partial charge in [0, 0.05) is 6.04 Å². The Morgan fingerprint density at radius 1 is 1.45 bits per heavy atom. The summed E-state index contributed by atoms with van der Waals surface area (Å²) in [6, 6.07) is 0.205. The SMILES string of the molecule is CC1=C(C)C2(N)CC1CC2N. The van der Waals surface area contributed by atoms with Gasteiger partial charge in [0.05, 0.1) is 5.54 Å². The molecule has 4 N–H and O–H groups in total. The number of rotatable bonds is 0. The summed E-state index contributed by atoms with van der Waals surface area (Å²) in [4.78, 5) is 0. The van der Waals surface area contributed by atoms with Crippen LogP contribution in [0.25, 0.3) is 0 Å². The molecule has 1 fully saturated rings. The molecule has 62 valence electrons. The van der Waals surface area contributed by atoms with E-state index in [1.54, 1.807) is 0 Å². The molecular formula is C9H16N2. The maximum absolute atomic E-state index is 6.19. The van der Waals surface area contributed by atoms with Crippen LogP contribution in [-0.4, -0.2) is 11.6 Å². The Morgan fingerprint density at radius 3 is 2.45 bits per heavy atom. The summed E-state index contributed by atoms with van der Waals surface area (Å²) in [5.74, 6) is 0.690. The minimum atomic E-state index is -0.144. The Morgan fingerprint density at radius 2 is 2.09 bits per heavy atom. The van der Waals surface area contributed by atoms with Crippen LogP contribution in [0.1, 0.15) is 26.7 Å². The quantitative estimate of drug-likeness (QED) is 0.504. The molecule has 11 heavy (non-hydrogen) atoms. The molecule has 0 spiro atoms. The third kappa shape index (κ3) is 0.690. The molecule has 0 radical (unpaired) electrons. The van der Waals surface area contributed by atoms with Gasteiger partial charge in [0.1, 0.15) is 0 Å². The zero-order chi connectivity index (χ0) is 8.22. The maximum atomic E-state index is 6.19. The summed E-state index contributed by atoms with van der Waals surface area (Å²) in [5.41, 5.74) is 14.8. The maximum Gasteiger partial charge on any atom is 0.0528 e. The molecule has 2 nitrogen and oxygen atoms in total. The van der Waals surface area contributed by atoms with Gasteiger partial charge in [-0.1, -0.05) is 11.1 Å². The average molecular weight is 152 g/mol. The molecule has 0 saturated heterocycles. The molecule has 0 aliphatic heterocycles. The summed E-state index contributed by atoms with van der Waals surface area (Å²) in [6.45, 7) is 4.33. The predicted molar refractivity (Wildman–Crippen MR) is 46.0 cm³/mol. The van der Waals surface area contributed by atoms with Crippen LogP contribution in [0.4, 0.5) is 0 Å². The second-order valence-electron chi connectivity index (χ2n) is 4.09. The fourth-order valence-corrected chi connectivity index (χ4v) is 2.59. The molecule has 1 saturated carbocycles. The minimum absolute atomic E-state index is 0.144. The van der Waals surface area contributed by atoms with Crippen molar-refractivity contribution in [2.24, 2.45) is 17.4 Å². The number of hydrogen-bond donors (Lipinski definition) is 2. The summed E-state index contributed by atoms with van der Waals surface area (Å²) < 4.78 is 0. The molecule has 2 aliphatic rings. The largest absolute Gasteiger partial charge is 0.326 e. The molecule has 2 heteroatoms. The van der Waals surface area contributed by atoms with Crippen LogP contribution in [-0.2, 0) is 0 Å². The molecule has 3 unspecified atom stereocenters. The number of hydrogen-bond acceptors (Lipinski definition) is 2. The van der Waals surface area contributed by atoms with Gasteiger partial charge in [-0.3, -0.25) is 0 Å². The first-order valence-corrected chi connectivity index (χ1v) is 4.28. The van der Waals surface area contributed by atoms with E-state index >= 15 is 0 Å². The van der Waals surface area contributed by atoms with Gasteiger partial charge in [0.2, 0.25) is 0 Å². The van der Waals surface area contributed by atoms with Crippen molar-refractivity contribution in [2.45, 2.75) is 38.3 Å². The molecule has 2 bridgehead atoms. The zero-order valence-electron chi connectivity index (χ0n) is 7.22. The Labute approximate surface area is 67.6 Å². The lowest BCUT2D eigenvalue weighted by Crippen LogP contribution is -2.52. The highest BCUT2D eigenvalue weighted by atomic mass is 14.9. The van der Waals surface area contributed by atoms with Crippen LogP contribution >= 0.6 is 0 Å². The van der Waals surface area contributed by atoms with E-state index < -0.39 is 0 Å². The molecular weight excluding hydrogens is 136 g/mol. The van der Waals surface area contributed by atoms with Crippen molar-refractivity contribution in [1.82, 2.24) is 0 Å². The van der Waals surface area contributed by atoms with Crippen molar-refractivity contribution >= 4 is 0 Å². The van der Waals surface area contributed by atoms with Crippen molar-refractivity contribution in [2.75, 3.05) is 0 Å². The van der Waals surface area contributed by atoms with Crippen LogP contribution in [0.2, 0.25) is 0 Å². The van der Waals surface area contributed by atoms with Crippen molar-refractivity contribution < 1.29 is 0 Å². The van der Waals surface area contributed by atoms with Gasteiger partial charge < -0.3 is 11.5 Å². The molecule has 2 rings (SSSR count). The number of nitrogens with two attached hydrogens (primary N) is 2. The first-order valence-electron chi connectivity index (χ1n) is 4.28. The Kier molecular flexibility index (Phi) is 1.25. The molecule has 0 heterocycles. The summed E-state index contributed by atoms with van der Waals surface area (Å²) in [6.07, 6.45) is 2.19. The van der Waals surface area contributed by atoms with E-state index in [2.05, 4.69) is 13.8 Å². The first-order chi connectivity index (χ1) is 5.05. The molecule has 3 atom stereocenters. The molecule has 0 amide bonds. The van der Waals surface area contributed by atoms with Gasteiger partial charge in [0.25, 0.3) is 0 Å². The van der Waals surface area contributed by atoms with Crippen LogP contribution < -0.4 is 11.5 Å². The highest BCUT2D eigenvalue weighted by Crippen LogP contribution is 2.48. The van der Waals surface area contributed by atoms with Crippen LogP contribution in [0.5, 0.6) is 0 Å². The van der Waals surface area contributed by atoms with E-state index in [1.807, 2.05) is 0 Å². The van der Waals surface area contributed by atoms with E-state index in [4.69, 9.17) is 11.5 Å². The third-order valence-electron chi connectivity index (χ3n) is 3.69. The highest BCUT2D eigenvalue weighted by molar-refractivity contribution is 5.38. The average Bonchev–Trinajstić information content (AvgIpc) is 2.34. The van der Waals surface area contributed by atoms with E-state index in [1.165, 1.54) is 11.1 Å². The smallest absolute Gasteiger partial charge is 0.0528 e. The lowest BCUT2D eigenvalue weighted by molar-refractivity contribution is 0.457. The van der Waals surface area contributed by atoms with Crippen molar-refractivity contribution in [3.8, 4) is 0 Å². The van der Waals surface area contributed by atoms with E-state index in [0.717, 1.165) is 12.8 Å². The second kappa shape index (κ2) is 1.87. The van der Waals surface area contributed by atoms with Crippen LogP contribution in [0, 0.1) is 5.92 Å². The Bertz CT molecular complexity index is 232. The van der Waals surface area contributed by atoms with Gasteiger partial charge >= 0.3 is 0 Å². The topological polar surface area (TPSA) is 52.0 Å². The minimum Gasteiger partial charge on any atom is -0.326 e. The van der Waals surface area contributed by atoms with Crippen LogP contribution in [0.3, 0.4) is 0 Å². The molecule has 0 aromatic carbocycles. The van der Waals surface area contributed by atoms with E-state index in [-0.39, 0.29) is 11.6 Å². The predicted octanol–water partition coefficient (Wildman–Crippen LogP) is 0.771. The Hall–Kier alpha value is -0.340. The van der Waals surface area contributed by atoms with Crippen molar-refractivity contribution in [1.29, 1.82) is 0 Å². The standard InChI is InChI=1S/C9H16N2/c1-5-6(2)9(11)4-7(5)3-8(9)10/h7-8H,3-4,10-11H2,1-2H3. The number of fused-ring (bicyclic) bond motifs is 2. The van der Waals surface area contributed by atoms with Crippen LogP contribution in [0.15, 0.2) is 11.1 Å².